The Kier molecular flexibility index (Phi) is 6.19. The van der Waals surface area contributed by atoms with Gasteiger partial charge in [0, 0.05) is 19.7 Å². The van der Waals surface area contributed by atoms with Gasteiger partial charge in [0.1, 0.15) is 9.90 Å². The van der Waals surface area contributed by atoms with Gasteiger partial charge in [0.15, 0.2) is 0 Å². The summed E-state index contributed by atoms with van der Waals surface area (Å²) in [6, 6.07) is 20.7. The molecule has 0 aliphatic heterocycles. The zero-order valence-corrected chi connectivity index (χ0v) is 19.8. The number of amides is 1. The molecule has 164 valence electrons. The molecule has 0 radical (unpaired) electrons. The molecule has 0 bridgehead atoms. The molecule has 9 heteroatoms. The van der Waals surface area contributed by atoms with Crippen molar-refractivity contribution in [1.82, 2.24) is 9.88 Å². The summed E-state index contributed by atoms with van der Waals surface area (Å²) in [7, 11) is -0.847. The van der Waals surface area contributed by atoms with E-state index in [0.29, 0.717) is 12.2 Å². The van der Waals surface area contributed by atoms with Crippen LogP contribution in [0.4, 0.5) is 5.69 Å². The van der Waals surface area contributed by atoms with Crippen LogP contribution >= 0.6 is 22.9 Å². The van der Waals surface area contributed by atoms with Crippen molar-refractivity contribution in [2.45, 2.75) is 11.4 Å². The predicted molar refractivity (Wildman–Crippen MR) is 129 cm³/mol. The molecule has 0 saturated heterocycles. The maximum atomic E-state index is 13.2. The third kappa shape index (κ3) is 4.34. The highest BCUT2D eigenvalue weighted by molar-refractivity contribution is 7.93. The van der Waals surface area contributed by atoms with Gasteiger partial charge in [-0.1, -0.05) is 41.9 Å². The van der Waals surface area contributed by atoms with E-state index in [1.165, 1.54) is 41.5 Å². The van der Waals surface area contributed by atoms with Crippen molar-refractivity contribution in [3.05, 3.63) is 88.4 Å². The number of para-hydroxylation sites is 2. The van der Waals surface area contributed by atoms with Crippen LogP contribution in [0.2, 0.25) is 5.02 Å². The van der Waals surface area contributed by atoms with Crippen LogP contribution in [0.5, 0.6) is 0 Å². The van der Waals surface area contributed by atoms with Crippen molar-refractivity contribution < 1.29 is 13.2 Å². The van der Waals surface area contributed by atoms with E-state index in [-0.39, 0.29) is 21.4 Å². The zero-order valence-electron chi connectivity index (χ0n) is 17.4. The predicted octanol–water partition coefficient (Wildman–Crippen LogP) is 5.05. The van der Waals surface area contributed by atoms with Crippen molar-refractivity contribution in [3.63, 3.8) is 0 Å². The standard InChI is InChI=1S/C23H20ClN3O3S2/c1-26(15-22-25-19-10-6-7-11-20(19)31-22)23(28)16-12-13-18(24)21(14-16)32(29,30)27(2)17-8-4-3-5-9-17/h3-14H,15H2,1-2H3. The Balaban J connectivity index is 1.60. The van der Waals surface area contributed by atoms with Gasteiger partial charge in [-0.15, -0.1) is 11.3 Å². The van der Waals surface area contributed by atoms with Gasteiger partial charge in [0.2, 0.25) is 0 Å². The van der Waals surface area contributed by atoms with E-state index in [9.17, 15) is 13.2 Å². The van der Waals surface area contributed by atoms with Gasteiger partial charge in [-0.25, -0.2) is 13.4 Å². The van der Waals surface area contributed by atoms with Crippen LogP contribution in [0, 0.1) is 0 Å². The lowest BCUT2D eigenvalue weighted by Gasteiger charge is -2.21. The highest BCUT2D eigenvalue weighted by atomic mass is 35.5. The van der Waals surface area contributed by atoms with Crippen molar-refractivity contribution >= 4 is 54.8 Å². The smallest absolute Gasteiger partial charge is 0.265 e. The molecule has 0 aliphatic rings. The first-order valence-corrected chi connectivity index (χ1v) is 12.3. The van der Waals surface area contributed by atoms with Crippen molar-refractivity contribution in [2.24, 2.45) is 0 Å². The molecule has 4 aromatic rings. The lowest BCUT2D eigenvalue weighted by atomic mass is 10.2. The van der Waals surface area contributed by atoms with Crippen LogP contribution in [-0.2, 0) is 16.6 Å². The zero-order chi connectivity index (χ0) is 22.9. The Bertz CT molecular complexity index is 1360. The number of nitrogens with zero attached hydrogens (tertiary/aromatic N) is 3. The molecule has 4 rings (SSSR count). The minimum absolute atomic E-state index is 0.0538. The quantitative estimate of drug-likeness (QED) is 0.383. The maximum Gasteiger partial charge on any atom is 0.265 e. The number of halogens is 1. The van der Waals surface area contributed by atoms with Gasteiger partial charge < -0.3 is 4.90 Å². The summed E-state index contributed by atoms with van der Waals surface area (Å²) in [4.78, 5) is 19.0. The molecule has 0 fully saturated rings. The Morgan fingerprint density at radius 2 is 1.69 bits per heavy atom. The van der Waals surface area contributed by atoms with E-state index >= 15 is 0 Å². The number of benzene rings is 3. The first kappa shape index (κ1) is 22.3. The van der Waals surface area contributed by atoms with E-state index in [1.807, 2.05) is 24.3 Å². The number of rotatable bonds is 6. The second-order valence-corrected chi connectivity index (χ2v) is 10.6. The molecule has 1 amide bonds. The Morgan fingerprint density at radius 1 is 1.00 bits per heavy atom. The number of hydrogen-bond acceptors (Lipinski definition) is 5. The molecule has 0 atom stereocenters. The molecule has 3 aromatic carbocycles. The number of carbonyl (C=O) groups is 1. The van der Waals surface area contributed by atoms with Gasteiger partial charge in [-0.05, 0) is 42.5 Å². The second-order valence-electron chi connectivity index (χ2n) is 7.19. The topological polar surface area (TPSA) is 70.6 Å². The molecule has 0 unspecified atom stereocenters. The van der Waals surface area contributed by atoms with Gasteiger partial charge in [0.05, 0.1) is 27.5 Å². The fraction of sp³-hybridized carbons (Fsp3) is 0.130. The normalized spacial score (nSPS) is 11.5. The number of hydrogen-bond donors (Lipinski definition) is 0. The van der Waals surface area contributed by atoms with Crippen LogP contribution in [-0.4, -0.2) is 38.3 Å². The van der Waals surface area contributed by atoms with Crippen molar-refractivity contribution in [1.29, 1.82) is 0 Å². The average Bonchev–Trinajstić information content (AvgIpc) is 3.21. The fourth-order valence-electron chi connectivity index (χ4n) is 3.24. The van der Waals surface area contributed by atoms with E-state index in [0.717, 1.165) is 19.5 Å². The molecule has 0 saturated carbocycles. The lowest BCUT2D eigenvalue weighted by Crippen LogP contribution is -2.28. The maximum absolute atomic E-state index is 13.2. The summed E-state index contributed by atoms with van der Waals surface area (Å²) >= 11 is 7.75. The Hall–Kier alpha value is -2.94. The molecular formula is C23H20ClN3O3S2. The Labute approximate surface area is 195 Å². The van der Waals surface area contributed by atoms with Crippen LogP contribution in [0.15, 0.2) is 77.7 Å². The largest absolute Gasteiger partial charge is 0.335 e. The number of aromatic nitrogens is 1. The Morgan fingerprint density at radius 3 is 2.41 bits per heavy atom. The summed E-state index contributed by atoms with van der Waals surface area (Å²) in [6.45, 7) is 0.312. The number of anilines is 1. The van der Waals surface area contributed by atoms with E-state index in [4.69, 9.17) is 11.6 Å². The summed E-state index contributed by atoms with van der Waals surface area (Å²) < 4.78 is 28.6. The van der Waals surface area contributed by atoms with Gasteiger partial charge in [-0.3, -0.25) is 9.10 Å². The summed E-state index contributed by atoms with van der Waals surface area (Å²) in [5.41, 5.74) is 1.61. The summed E-state index contributed by atoms with van der Waals surface area (Å²) in [5.74, 6) is -0.320. The first-order chi connectivity index (χ1) is 15.3. The minimum atomic E-state index is -3.96. The van der Waals surface area contributed by atoms with E-state index in [2.05, 4.69) is 4.98 Å². The third-order valence-corrected chi connectivity index (χ3v) is 8.28. The van der Waals surface area contributed by atoms with Gasteiger partial charge in [0.25, 0.3) is 15.9 Å². The number of fused-ring (bicyclic) bond motifs is 1. The molecular weight excluding hydrogens is 466 g/mol. The van der Waals surface area contributed by atoms with E-state index < -0.39 is 10.0 Å². The lowest BCUT2D eigenvalue weighted by molar-refractivity contribution is 0.0785. The minimum Gasteiger partial charge on any atom is -0.335 e. The molecule has 1 heterocycles. The highest BCUT2D eigenvalue weighted by Gasteiger charge is 2.26. The van der Waals surface area contributed by atoms with E-state index in [1.54, 1.807) is 37.4 Å². The highest BCUT2D eigenvalue weighted by Crippen LogP contribution is 2.29. The number of carbonyl (C=O) groups excluding carboxylic acids is 1. The number of thiazole rings is 1. The summed E-state index contributed by atoms with van der Waals surface area (Å²) in [6.07, 6.45) is 0. The first-order valence-electron chi connectivity index (χ1n) is 9.71. The van der Waals surface area contributed by atoms with Crippen LogP contribution in [0.1, 0.15) is 15.4 Å². The molecule has 0 aliphatic carbocycles. The van der Waals surface area contributed by atoms with Crippen molar-refractivity contribution in [3.8, 4) is 0 Å². The monoisotopic (exact) mass is 485 g/mol. The van der Waals surface area contributed by atoms with Crippen LogP contribution < -0.4 is 4.31 Å². The van der Waals surface area contributed by atoms with Gasteiger partial charge >= 0.3 is 0 Å². The molecule has 32 heavy (non-hydrogen) atoms. The molecule has 1 aromatic heterocycles. The molecule has 6 nitrogen and oxygen atoms in total. The third-order valence-electron chi connectivity index (χ3n) is 4.99. The second kappa shape index (κ2) is 8.90. The SMILES string of the molecule is CN(Cc1nc2ccccc2s1)C(=O)c1ccc(Cl)c(S(=O)(=O)N(C)c2ccccc2)c1. The average molecular weight is 486 g/mol. The van der Waals surface area contributed by atoms with Crippen LogP contribution in [0.25, 0.3) is 10.2 Å². The molecule has 0 N–H and O–H groups in total. The number of sulfonamides is 1. The summed E-state index contributed by atoms with van der Waals surface area (Å²) in [5, 5.41) is 0.853. The fourth-order valence-corrected chi connectivity index (χ4v) is 5.96. The van der Waals surface area contributed by atoms with Crippen molar-refractivity contribution in [2.75, 3.05) is 18.4 Å². The molecule has 0 spiro atoms. The van der Waals surface area contributed by atoms with Crippen LogP contribution in [0.3, 0.4) is 0 Å². The van der Waals surface area contributed by atoms with Gasteiger partial charge in [-0.2, -0.15) is 0 Å².